The molecule has 0 N–H and O–H groups in total. The number of hydrogen-bond donors (Lipinski definition) is 0. The second kappa shape index (κ2) is 3.60. The van der Waals surface area contributed by atoms with E-state index in [2.05, 4.69) is 0 Å². The average molecular weight is 157 g/mol. The van der Waals surface area contributed by atoms with E-state index < -0.39 is 0 Å². The summed E-state index contributed by atoms with van der Waals surface area (Å²) in [7, 11) is 0. The Morgan fingerprint density at radius 3 is 2.36 bits per heavy atom. The summed E-state index contributed by atoms with van der Waals surface area (Å²) in [6.45, 7) is 5.39. The maximum Gasteiger partial charge on any atom is 0.410 e. The molecular weight excluding hydrogens is 142 g/mol. The lowest BCUT2D eigenvalue weighted by atomic mass is 10.5. The summed E-state index contributed by atoms with van der Waals surface area (Å²) >= 11 is 0. The molecule has 0 aromatic carbocycles. The summed E-state index contributed by atoms with van der Waals surface area (Å²) in [5.74, 6) is 0. The van der Waals surface area contributed by atoms with Crippen LogP contribution in [0.25, 0.3) is 0 Å². The predicted octanol–water partition coefficient (Wildman–Crippen LogP) is 1.63. The molecule has 11 heavy (non-hydrogen) atoms. The molecule has 0 spiro atoms. The third-order valence-electron chi connectivity index (χ3n) is 1.81. The topological polar surface area (TPSA) is 29.5 Å². The molecule has 0 aromatic heterocycles. The Bertz CT molecular complexity index is 139. The van der Waals surface area contributed by atoms with Gasteiger partial charge in [-0.25, -0.2) is 4.79 Å². The Morgan fingerprint density at radius 1 is 1.45 bits per heavy atom. The minimum atomic E-state index is -0.155. The number of hydrogen-bond acceptors (Lipinski definition) is 2. The number of carbonyl (C=O) groups excluding carboxylic acids is 1. The van der Waals surface area contributed by atoms with E-state index >= 15 is 0 Å². The van der Waals surface area contributed by atoms with Crippen LogP contribution in [0.2, 0.25) is 0 Å². The van der Waals surface area contributed by atoms with Crippen LogP contribution in [-0.2, 0) is 4.74 Å². The Hall–Kier alpha value is -0.730. The fraction of sp³-hybridized carbons (Fsp3) is 0.875. The molecule has 1 amide bonds. The first-order valence-electron chi connectivity index (χ1n) is 4.23. The molecule has 0 atom stereocenters. The van der Waals surface area contributed by atoms with Crippen molar-refractivity contribution in [2.75, 3.05) is 13.1 Å². The van der Waals surface area contributed by atoms with Gasteiger partial charge in [0.15, 0.2) is 0 Å². The van der Waals surface area contributed by atoms with E-state index in [0.717, 1.165) is 25.9 Å². The minimum Gasteiger partial charge on any atom is -0.446 e. The van der Waals surface area contributed by atoms with Crippen LogP contribution in [0.5, 0.6) is 0 Å². The Balaban J connectivity index is 2.24. The van der Waals surface area contributed by atoms with Crippen LogP contribution < -0.4 is 0 Å². The lowest BCUT2D eigenvalue weighted by Gasteiger charge is -2.17. The summed E-state index contributed by atoms with van der Waals surface area (Å²) in [4.78, 5) is 12.9. The molecule has 0 radical (unpaired) electrons. The van der Waals surface area contributed by atoms with Crippen LogP contribution in [0.15, 0.2) is 0 Å². The van der Waals surface area contributed by atoms with Crippen molar-refractivity contribution in [1.82, 2.24) is 4.90 Å². The molecule has 3 heteroatoms. The number of amides is 1. The van der Waals surface area contributed by atoms with Crippen LogP contribution in [-0.4, -0.2) is 30.2 Å². The highest BCUT2D eigenvalue weighted by atomic mass is 16.6. The highest BCUT2D eigenvalue weighted by Crippen LogP contribution is 2.24. The van der Waals surface area contributed by atoms with Crippen molar-refractivity contribution >= 4 is 6.09 Å². The van der Waals surface area contributed by atoms with Gasteiger partial charge in [-0.15, -0.1) is 0 Å². The predicted molar refractivity (Wildman–Crippen MR) is 42.4 cm³/mol. The molecule has 0 saturated heterocycles. The third kappa shape index (κ3) is 2.41. The quantitative estimate of drug-likeness (QED) is 0.623. The first-order chi connectivity index (χ1) is 5.27. The van der Waals surface area contributed by atoms with Crippen molar-refractivity contribution < 1.29 is 9.53 Å². The van der Waals surface area contributed by atoms with Gasteiger partial charge in [-0.05, 0) is 26.7 Å². The average Bonchev–Trinajstić information content (AvgIpc) is 2.74. The van der Waals surface area contributed by atoms with Gasteiger partial charge in [-0.1, -0.05) is 0 Å². The fourth-order valence-corrected chi connectivity index (χ4v) is 0.885. The summed E-state index contributed by atoms with van der Waals surface area (Å²) in [6, 6.07) is 0. The van der Waals surface area contributed by atoms with E-state index in [1.807, 2.05) is 13.8 Å². The smallest absolute Gasteiger partial charge is 0.410 e. The van der Waals surface area contributed by atoms with Crippen molar-refractivity contribution in [3.05, 3.63) is 0 Å². The SMILES string of the molecule is CCN(CC)C(=O)OC1CC1. The number of carbonyl (C=O) groups is 1. The molecule has 0 aromatic rings. The lowest BCUT2D eigenvalue weighted by molar-refractivity contribution is 0.0995. The van der Waals surface area contributed by atoms with Crippen LogP contribution in [0.3, 0.4) is 0 Å². The molecular formula is C8H15NO2. The number of rotatable bonds is 3. The van der Waals surface area contributed by atoms with Crippen molar-refractivity contribution in [2.24, 2.45) is 0 Å². The third-order valence-corrected chi connectivity index (χ3v) is 1.81. The molecule has 0 aliphatic heterocycles. The van der Waals surface area contributed by atoms with Crippen molar-refractivity contribution in [2.45, 2.75) is 32.8 Å². The van der Waals surface area contributed by atoms with Gasteiger partial charge < -0.3 is 9.64 Å². The second-order valence-electron chi connectivity index (χ2n) is 2.76. The van der Waals surface area contributed by atoms with Gasteiger partial charge in [0.05, 0.1) is 0 Å². The standard InChI is InChI=1S/C8H15NO2/c1-3-9(4-2)8(10)11-7-5-6-7/h7H,3-6H2,1-2H3. The summed E-state index contributed by atoms with van der Waals surface area (Å²) < 4.78 is 5.09. The molecule has 3 nitrogen and oxygen atoms in total. The largest absolute Gasteiger partial charge is 0.446 e. The molecule has 1 rings (SSSR count). The van der Waals surface area contributed by atoms with Crippen LogP contribution in [0.1, 0.15) is 26.7 Å². The lowest BCUT2D eigenvalue weighted by Crippen LogP contribution is -2.31. The van der Waals surface area contributed by atoms with E-state index in [0.29, 0.717) is 0 Å². The fourth-order valence-electron chi connectivity index (χ4n) is 0.885. The number of ether oxygens (including phenoxy) is 1. The van der Waals surface area contributed by atoms with E-state index in [4.69, 9.17) is 4.74 Å². The van der Waals surface area contributed by atoms with E-state index in [1.165, 1.54) is 0 Å². The Labute approximate surface area is 67.3 Å². The minimum absolute atomic E-state index is 0.155. The van der Waals surface area contributed by atoms with Crippen LogP contribution >= 0.6 is 0 Å². The normalized spacial score (nSPS) is 16.2. The molecule has 0 unspecified atom stereocenters. The zero-order chi connectivity index (χ0) is 8.27. The summed E-state index contributed by atoms with van der Waals surface area (Å²) in [5.41, 5.74) is 0. The first kappa shape index (κ1) is 8.37. The maximum absolute atomic E-state index is 11.2. The van der Waals surface area contributed by atoms with Gasteiger partial charge in [0.25, 0.3) is 0 Å². The highest BCUT2D eigenvalue weighted by Gasteiger charge is 2.27. The van der Waals surface area contributed by atoms with Crippen molar-refractivity contribution in [1.29, 1.82) is 0 Å². The highest BCUT2D eigenvalue weighted by molar-refractivity contribution is 5.67. The van der Waals surface area contributed by atoms with Crippen molar-refractivity contribution in [3.8, 4) is 0 Å². The van der Waals surface area contributed by atoms with Crippen molar-refractivity contribution in [3.63, 3.8) is 0 Å². The molecule has 1 saturated carbocycles. The summed E-state index contributed by atoms with van der Waals surface area (Å²) in [5, 5.41) is 0. The van der Waals surface area contributed by atoms with Crippen LogP contribution in [0, 0.1) is 0 Å². The molecule has 64 valence electrons. The molecule has 0 bridgehead atoms. The molecule has 1 aliphatic rings. The Morgan fingerprint density at radius 2 is 2.00 bits per heavy atom. The van der Waals surface area contributed by atoms with Gasteiger partial charge in [0.1, 0.15) is 6.10 Å². The Kier molecular flexibility index (Phi) is 2.74. The van der Waals surface area contributed by atoms with E-state index in [9.17, 15) is 4.79 Å². The van der Waals surface area contributed by atoms with Crippen LogP contribution in [0.4, 0.5) is 4.79 Å². The van der Waals surface area contributed by atoms with E-state index in [1.54, 1.807) is 4.90 Å². The maximum atomic E-state index is 11.2. The second-order valence-corrected chi connectivity index (χ2v) is 2.76. The van der Waals surface area contributed by atoms with Gasteiger partial charge in [-0.2, -0.15) is 0 Å². The molecule has 1 fully saturated rings. The van der Waals surface area contributed by atoms with Gasteiger partial charge in [0.2, 0.25) is 0 Å². The van der Waals surface area contributed by atoms with Gasteiger partial charge in [0, 0.05) is 13.1 Å². The van der Waals surface area contributed by atoms with E-state index in [-0.39, 0.29) is 12.2 Å². The van der Waals surface area contributed by atoms with Gasteiger partial charge in [-0.3, -0.25) is 0 Å². The zero-order valence-electron chi connectivity index (χ0n) is 7.17. The summed E-state index contributed by atoms with van der Waals surface area (Å²) in [6.07, 6.45) is 2.17. The number of nitrogens with zero attached hydrogens (tertiary/aromatic N) is 1. The van der Waals surface area contributed by atoms with Gasteiger partial charge >= 0.3 is 6.09 Å². The zero-order valence-corrected chi connectivity index (χ0v) is 7.17. The first-order valence-corrected chi connectivity index (χ1v) is 4.23. The monoisotopic (exact) mass is 157 g/mol. The molecule has 1 aliphatic carbocycles. The molecule has 0 heterocycles.